The number of nitrogens with one attached hydrogen (secondary N) is 1. The molecule has 0 aliphatic rings. The van der Waals surface area contributed by atoms with Gasteiger partial charge in [-0.05, 0) is 13.8 Å². The first-order valence-corrected chi connectivity index (χ1v) is 7.59. The van der Waals surface area contributed by atoms with Gasteiger partial charge in [-0.25, -0.2) is 12.7 Å². The van der Waals surface area contributed by atoms with E-state index in [-0.39, 0.29) is 0 Å². The summed E-state index contributed by atoms with van der Waals surface area (Å²) < 4.78 is 30.7. The molecule has 0 aliphatic heterocycles. The van der Waals surface area contributed by atoms with Gasteiger partial charge >= 0.3 is 0 Å². The van der Waals surface area contributed by atoms with Gasteiger partial charge in [0.2, 0.25) is 10.0 Å². The highest BCUT2D eigenvalue weighted by molar-refractivity contribution is 7.89. The number of hydrogen-bond donors (Lipinski definition) is 1. The van der Waals surface area contributed by atoms with Gasteiger partial charge < -0.3 is 10.1 Å². The summed E-state index contributed by atoms with van der Waals surface area (Å²) in [5.41, 5.74) is 0. The molecule has 0 aliphatic carbocycles. The van der Waals surface area contributed by atoms with Crippen molar-refractivity contribution in [2.75, 3.05) is 33.4 Å². The first-order chi connectivity index (χ1) is 7.82. The highest BCUT2D eigenvalue weighted by Gasteiger charge is 2.25. The van der Waals surface area contributed by atoms with Crippen LogP contribution in [0.15, 0.2) is 0 Å². The number of ether oxygens (including phenoxy) is 1. The van der Waals surface area contributed by atoms with Crippen molar-refractivity contribution in [3.63, 3.8) is 0 Å². The maximum absolute atomic E-state index is 12.1. The van der Waals surface area contributed by atoms with Crippen LogP contribution >= 0.6 is 0 Å². The van der Waals surface area contributed by atoms with Crippen molar-refractivity contribution in [3.05, 3.63) is 0 Å². The quantitative estimate of drug-likeness (QED) is 0.623. The molecular formula is C11H26N2O3S. The highest BCUT2D eigenvalue weighted by atomic mass is 32.2. The zero-order chi connectivity index (χ0) is 13.5. The SMILES string of the molecule is CCOCCN(C)S(=O)(=O)C(C)CNC(C)C. The summed E-state index contributed by atoms with van der Waals surface area (Å²) in [7, 11) is -1.63. The van der Waals surface area contributed by atoms with Gasteiger partial charge in [-0.3, -0.25) is 0 Å². The van der Waals surface area contributed by atoms with Gasteiger partial charge in [0, 0.05) is 32.8 Å². The topological polar surface area (TPSA) is 58.6 Å². The minimum Gasteiger partial charge on any atom is -0.380 e. The third-order valence-electron chi connectivity index (χ3n) is 2.51. The molecule has 1 atom stereocenters. The standard InChI is InChI=1S/C11H26N2O3S/c1-6-16-8-7-13(5)17(14,15)11(4)9-12-10(2)3/h10-12H,6-9H2,1-5H3. The molecule has 0 aromatic heterocycles. The van der Waals surface area contributed by atoms with Crippen LogP contribution in [0.25, 0.3) is 0 Å². The van der Waals surface area contributed by atoms with Crippen LogP contribution in [-0.2, 0) is 14.8 Å². The van der Waals surface area contributed by atoms with Gasteiger partial charge in [-0.15, -0.1) is 0 Å². The van der Waals surface area contributed by atoms with E-state index in [1.54, 1.807) is 14.0 Å². The maximum atomic E-state index is 12.1. The van der Waals surface area contributed by atoms with E-state index >= 15 is 0 Å². The van der Waals surface area contributed by atoms with E-state index < -0.39 is 15.3 Å². The minimum atomic E-state index is -3.22. The predicted octanol–water partition coefficient (Wildman–Crippen LogP) is 0.671. The van der Waals surface area contributed by atoms with E-state index in [1.165, 1.54) is 4.31 Å². The van der Waals surface area contributed by atoms with Gasteiger partial charge in [-0.1, -0.05) is 13.8 Å². The summed E-state index contributed by atoms with van der Waals surface area (Å²) in [5.74, 6) is 0. The summed E-state index contributed by atoms with van der Waals surface area (Å²) in [6, 6.07) is 0.293. The lowest BCUT2D eigenvalue weighted by atomic mass is 10.3. The first kappa shape index (κ1) is 16.8. The largest absolute Gasteiger partial charge is 0.380 e. The summed E-state index contributed by atoms with van der Waals surface area (Å²) in [5, 5.41) is 2.72. The second-order valence-corrected chi connectivity index (χ2v) is 6.89. The molecule has 0 aromatic rings. The van der Waals surface area contributed by atoms with E-state index in [9.17, 15) is 8.42 Å². The van der Waals surface area contributed by atoms with Crippen molar-refractivity contribution in [2.45, 2.75) is 39.0 Å². The van der Waals surface area contributed by atoms with E-state index in [0.717, 1.165) is 0 Å². The summed E-state index contributed by atoms with van der Waals surface area (Å²) in [6.45, 7) is 9.54. The van der Waals surface area contributed by atoms with Crippen LogP contribution in [0.1, 0.15) is 27.7 Å². The lowest BCUT2D eigenvalue weighted by molar-refractivity contribution is 0.138. The van der Waals surface area contributed by atoms with Crippen molar-refractivity contribution >= 4 is 10.0 Å². The Balaban J connectivity index is 4.23. The molecule has 0 bridgehead atoms. The summed E-state index contributed by atoms with van der Waals surface area (Å²) in [6.07, 6.45) is 0. The van der Waals surface area contributed by atoms with E-state index in [2.05, 4.69) is 5.32 Å². The molecule has 17 heavy (non-hydrogen) atoms. The zero-order valence-electron chi connectivity index (χ0n) is 11.6. The normalized spacial score (nSPS) is 14.5. The highest BCUT2D eigenvalue weighted by Crippen LogP contribution is 2.06. The van der Waals surface area contributed by atoms with Crippen molar-refractivity contribution in [1.82, 2.24) is 9.62 Å². The molecule has 0 radical (unpaired) electrons. The number of hydrogen-bond acceptors (Lipinski definition) is 4. The summed E-state index contributed by atoms with van der Waals surface area (Å²) in [4.78, 5) is 0. The fraction of sp³-hybridized carbons (Fsp3) is 1.00. The number of rotatable bonds is 9. The van der Waals surface area contributed by atoms with Crippen LogP contribution in [0.2, 0.25) is 0 Å². The third kappa shape index (κ3) is 6.35. The molecule has 1 unspecified atom stereocenters. The smallest absolute Gasteiger partial charge is 0.217 e. The Bertz CT molecular complexity index is 291. The molecule has 0 aromatic carbocycles. The first-order valence-electron chi connectivity index (χ1n) is 6.08. The Morgan fingerprint density at radius 1 is 1.29 bits per heavy atom. The Morgan fingerprint density at radius 2 is 1.88 bits per heavy atom. The fourth-order valence-electron chi connectivity index (χ4n) is 1.28. The average Bonchev–Trinajstić information content (AvgIpc) is 2.25. The van der Waals surface area contributed by atoms with Crippen molar-refractivity contribution < 1.29 is 13.2 Å². The molecule has 0 rings (SSSR count). The molecule has 104 valence electrons. The van der Waals surface area contributed by atoms with Crippen LogP contribution in [0.4, 0.5) is 0 Å². The van der Waals surface area contributed by atoms with Crippen LogP contribution in [0.3, 0.4) is 0 Å². The molecule has 6 heteroatoms. The Labute approximate surface area is 106 Å². The molecule has 5 nitrogen and oxygen atoms in total. The predicted molar refractivity (Wildman–Crippen MR) is 70.6 cm³/mol. The minimum absolute atomic E-state index is 0.293. The van der Waals surface area contributed by atoms with Crippen LogP contribution in [0, 0.1) is 0 Å². The average molecular weight is 266 g/mol. The lowest BCUT2D eigenvalue weighted by Crippen LogP contribution is -2.42. The third-order valence-corrected chi connectivity index (χ3v) is 4.75. The number of sulfonamides is 1. The van der Waals surface area contributed by atoms with Gasteiger partial charge in [0.05, 0.1) is 11.9 Å². The van der Waals surface area contributed by atoms with Crippen LogP contribution in [-0.4, -0.2) is 57.4 Å². The van der Waals surface area contributed by atoms with E-state index in [1.807, 2.05) is 20.8 Å². The Kier molecular flexibility index (Phi) is 7.94. The lowest BCUT2D eigenvalue weighted by Gasteiger charge is -2.22. The van der Waals surface area contributed by atoms with Gasteiger partial charge in [0.15, 0.2) is 0 Å². The van der Waals surface area contributed by atoms with Gasteiger partial charge in [-0.2, -0.15) is 0 Å². The Hall–Kier alpha value is -0.170. The van der Waals surface area contributed by atoms with Gasteiger partial charge in [0.25, 0.3) is 0 Å². The maximum Gasteiger partial charge on any atom is 0.217 e. The molecule has 0 fully saturated rings. The molecule has 0 spiro atoms. The fourth-order valence-corrected chi connectivity index (χ4v) is 2.53. The second kappa shape index (κ2) is 8.02. The van der Waals surface area contributed by atoms with Gasteiger partial charge in [0.1, 0.15) is 0 Å². The summed E-state index contributed by atoms with van der Waals surface area (Å²) >= 11 is 0. The number of likely N-dealkylation sites (N-methyl/N-ethyl adjacent to an activating group) is 1. The number of nitrogens with zero attached hydrogens (tertiary/aromatic N) is 1. The molecule has 1 N–H and O–H groups in total. The van der Waals surface area contributed by atoms with Crippen molar-refractivity contribution in [3.8, 4) is 0 Å². The van der Waals surface area contributed by atoms with Crippen LogP contribution in [0.5, 0.6) is 0 Å². The Morgan fingerprint density at radius 3 is 2.35 bits per heavy atom. The van der Waals surface area contributed by atoms with Crippen molar-refractivity contribution in [2.24, 2.45) is 0 Å². The van der Waals surface area contributed by atoms with Crippen molar-refractivity contribution in [1.29, 1.82) is 0 Å². The van der Waals surface area contributed by atoms with E-state index in [4.69, 9.17) is 4.74 Å². The molecule has 0 saturated carbocycles. The molecular weight excluding hydrogens is 240 g/mol. The molecule has 0 saturated heterocycles. The van der Waals surface area contributed by atoms with Crippen LogP contribution < -0.4 is 5.32 Å². The monoisotopic (exact) mass is 266 g/mol. The molecule has 0 amide bonds. The van der Waals surface area contributed by atoms with E-state index in [0.29, 0.717) is 32.3 Å². The molecule has 0 heterocycles. The zero-order valence-corrected chi connectivity index (χ0v) is 12.4. The second-order valence-electron chi connectivity index (χ2n) is 4.44.